The lowest BCUT2D eigenvalue weighted by atomic mass is 10.0. The number of hydrogen-bond donors (Lipinski definition) is 1. The summed E-state index contributed by atoms with van der Waals surface area (Å²) in [7, 11) is 0. The van der Waals surface area contributed by atoms with Crippen molar-refractivity contribution in [3.8, 4) is 0 Å². The molecule has 1 N–H and O–H groups in total. The zero-order valence-corrected chi connectivity index (χ0v) is 21.7. The molecule has 0 spiro atoms. The van der Waals surface area contributed by atoms with Gasteiger partial charge in [-0.05, 0) is 64.8 Å². The molecule has 6 rings (SSSR count). The van der Waals surface area contributed by atoms with E-state index in [0.29, 0.717) is 12.2 Å². The number of carbonyl (C=O) groups excluding carboxylic acids is 2. The van der Waals surface area contributed by atoms with E-state index in [1.807, 2.05) is 54.7 Å². The van der Waals surface area contributed by atoms with E-state index >= 15 is 0 Å². The summed E-state index contributed by atoms with van der Waals surface area (Å²) in [5.41, 5.74) is 4.85. The largest absolute Gasteiger partial charge is 0.342 e. The number of hydrogen-bond acceptors (Lipinski definition) is 3. The van der Waals surface area contributed by atoms with Crippen LogP contribution in [0.25, 0.3) is 27.8 Å². The number of nitrogens with zero attached hydrogens (tertiary/aromatic N) is 2. The van der Waals surface area contributed by atoms with Gasteiger partial charge in [-0.25, -0.2) is 0 Å². The number of fused-ring (bicyclic) bond motifs is 2. The van der Waals surface area contributed by atoms with Crippen LogP contribution in [-0.4, -0.2) is 21.5 Å². The van der Waals surface area contributed by atoms with E-state index < -0.39 is 11.8 Å². The van der Waals surface area contributed by atoms with E-state index in [4.69, 9.17) is 12.2 Å². The van der Waals surface area contributed by atoms with Crippen LogP contribution in [0.5, 0.6) is 0 Å². The van der Waals surface area contributed by atoms with Crippen LogP contribution in [0.4, 0.5) is 5.69 Å². The van der Waals surface area contributed by atoms with Crippen LogP contribution in [-0.2, 0) is 22.6 Å². The third-order valence-electron chi connectivity index (χ3n) is 7.04. The quantitative estimate of drug-likeness (QED) is 0.171. The number of thiocarbonyl (C=S) groups is 1. The van der Waals surface area contributed by atoms with Gasteiger partial charge in [0, 0.05) is 29.2 Å². The van der Waals surface area contributed by atoms with Gasteiger partial charge in [0.05, 0.1) is 5.69 Å². The summed E-state index contributed by atoms with van der Waals surface area (Å²) in [6, 6.07) is 30.3. The fourth-order valence-electron chi connectivity index (χ4n) is 5.06. The molecule has 6 heteroatoms. The first-order valence-electron chi connectivity index (χ1n) is 12.6. The molecule has 186 valence electrons. The number of nitrogens with one attached hydrogen (secondary N) is 1. The maximum atomic E-state index is 13.6. The van der Waals surface area contributed by atoms with Crippen molar-refractivity contribution in [1.82, 2.24) is 9.88 Å². The van der Waals surface area contributed by atoms with E-state index in [9.17, 15) is 9.59 Å². The zero-order valence-electron chi connectivity index (χ0n) is 20.8. The summed E-state index contributed by atoms with van der Waals surface area (Å²) in [6.45, 7) is 2.73. The molecule has 1 aliphatic heterocycles. The van der Waals surface area contributed by atoms with Crippen molar-refractivity contribution >= 4 is 62.6 Å². The van der Waals surface area contributed by atoms with Gasteiger partial charge in [0.25, 0.3) is 11.8 Å². The van der Waals surface area contributed by atoms with Crippen molar-refractivity contribution in [3.63, 3.8) is 0 Å². The molecule has 0 saturated carbocycles. The first-order valence-corrected chi connectivity index (χ1v) is 13.0. The summed E-state index contributed by atoms with van der Waals surface area (Å²) in [5, 5.41) is 6.14. The van der Waals surface area contributed by atoms with Crippen LogP contribution < -0.4 is 10.2 Å². The van der Waals surface area contributed by atoms with Gasteiger partial charge in [-0.2, -0.15) is 0 Å². The molecular weight excluding hydrogens is 490 g/mol. The molecule has 5 aromatic rings. The topological polar surface area (TPSA) is 54.3 Å². The third kappa shape index (κ3) is 4.19. The molecule has 1 aliphatic rings. The summed E-state index contributed by atoms with van der Waals surface area (Å²) in [5.74, 6) is -0.929. The molecule has 0 radical (unpaired) electrons. The van der Waals surface area contributed by atoms with E-state index in [2.05, 4.69) is 59.3 Å². The fourth-order valence-corrected chi connectivity index (χ4v) is 5.34. The van der Waals surface area contributed by atoms with Crippen LogP contribution in [0.1, 0.15) is 23.6 Å². The average molecular weight is 516 g/mol. The van der Waals surface area contributed by atoms with Crippen molar-refractivity contribution in [2.75, 3.05) is 4.90 Å². The van der Waals surface area contributed by atoms with Crippen molar-refractivity contribution < 1.29 is 9.59 Å². The Morgan fingerprint density at radius 3 is 2.34 bits per heavy atom. The standard InChI is InChI=1S/C32H25N3O2S/c1-2-21-14-16-25(17-15-21)35-31(37)28(30(36)33-32(35)38)18-24-20-34(29-13-6-5-12-27(24)29)19-23-10-7-9-22-8-3-4-11-26(22)23/h3-18,20H,2,19H2,1H3,(H,33,36,38)/b28-18+. The van der Waals surface area contributed by atoms with Gasteiger partial charge in [-0.15, -0.1) is 0 Å². The molecule has 0 unspecified atom stereocenters. The summed E-state index contributed by atoms with van der Waals surface area (Å²) < 4.78 is 2.17. The van der Waals surface area contributed by atoms with Gasteiger partial charge in [-0.3, -0.25) is 19.8 Å². The van der Waals surface area contributed by atoms with Crippen LogP contribution in [0.3, 0.4) is 0 Å². The molecule has 0 atom stereocenters. The third-order valence-corrected chi connectivity index (χ3v) is 7.33. The van der Waals surface area contributed by atoms with Gasteiger partial charge in [0.2, 0.25) is 0 Å². The minimum atomic E-state index is -0.493. The number of rotatable bonds is 5. The average Bonchev–Trinajstić information content (AvgIpc) is 3.28. The fraction of sp³-hybridized carbons (Fsp3) is 0.0938. The second-order valence-electron chi connectivity index (χ2n) is 9.35. The molecule has 1 saturated heterocycles. The van der Waals surface area contributed by atoms with E-state index in [1.165, 1.54) is 21.2 Å². The minimum Gasteiger partial charge on any atom is -0.342 e. The lowest BCUT2D eigenvalue weighted by molar-refractivity contribution is -0.122. The molecule has 1 fully saturated rings. The predicted octanol–water partition coefficient (Wildman–Crippen LogP) is 6.24. The number of amides is 2. The molecule has 0 aliphatic carbocycles. The summed E-state index contributed by atoms with van der Waals surface area (Å²) >= 11 is 5.38. The highest BCUT2D eigenvalue weighted by molar-refractivity contribution is 7.80. The lowest BCUT2D eigenvalue weighted by Crippen LogP contribution is -2.54. The monoisotopic (exact) mass is 515 g/mol. The van der Waals surface area contributed by atoms with Crippen molar-refractivity contribution in [2.24, 2.45) is 0 Å². The van der Waals surface area contributed by atoms with Crippen LogP contribution >= 0.6 is 12.2 Å². The van der Waals surface area contributed by atoms with Crippen LogP contribution in [0, 0.1) is 0 Å². The highest BCUT2D eigenvalue weighted by Gasteiger charge is 2.34. The number of aromatic nitrogens is 1. The Morgan fingerprint density at radius 1 is 0.842 bits per heavy atom. The molecule has 5 nitrogen and oxygen atoms in total. The molecule has 0 bridgehead atoms. The molecule has 2 amide bonds. The summed E-state index contributed by atoms with van der Waals surface area (Å²) in [6.07, 6.45) is 4.57. The first-order chi connectivity index (χ1) is 18.5. The maximum absolute atomic E-state index is 13.6. The lowest BCUT2D eigenvalue weighted by Gasteiger charge is -2.29. The molecular formula is C32H25N3O2S. The van der Waals surface area contributed by atoms with Crippen molar-refractivity contribution in [1.29, 1.82) is 0 Å². The van der Waals surface area contributed by atoms with Gasteiger partial charge < -0.3 is 4.57 Å². The molecule has 2 heterocycles. The normalized spacial score (nSPS) is 15.0. The number of carbonyl (C=O) groups is 2. The summed E-state index contributed by atoms with van der Waals surface area (Å²) in [4.78, 5) is 27.9. The minimum absolute atomic E-state index is 0.0474. The second-order valence-corrected chi connectivity index (χ2v) is 9.73. The predicted molar refractivity (Wildman–Crippen MR) is 157 cm³/mol. The number of para-hydroxylation sites is 1. The van der Waals surface area contributed by atoms with Gasteiger partial charge in [-0.1, -0.05) is 79.7 Å². The Labute approximate surface area is 226 Å². The molecule has 1 aromatic heterocycles. The maximum Gasteiger partial charge on any atom is 0.270 e. The Morgan fingerprint density at radius 2 is 1.55 bits per heavy atom. The number of aryl methyl sites for hydroxylation is 1. The van der Waals surface area contributed by atoms with Crippen LogP contribution in [0.15, 0.2) is 103 Å². The van der Waals surface area contributed by atoms with Crippen molar-refractivity contribution in [2.45, 2.75) is 19.9 Å². The number of anilines is 1. The van der Waals surface area contributed by atoms with E-state index in [0.717, 1.165) is 28.5 Å². The van der Waals surface area contributed by atoms with Crippen LogP contribution in [0.2, 0.25) is 0 Å². The highest BCUT2D eigenvalue weighted by Crippen LogP contribution is 2.28. The van der Waals surface area contributed by atoms with Gasteiger partial charge >= 0.3 is 0 Å². The van der Waals surface area contributed by atoms with Gasteiger partial charge in [0.15, 0.2) is 5.11 Å². The zero-order chi connectivity index (χ0) is 26.2. The van der Waals surface area contributed by atoms with E-state index in [1.54, 1.807) is 6.08 Å². The smallest absolute Gasteiger partial charge is 0.270 e. The Balaban J connectivity index is 1.41. The highest BCUT2D eigenvalue weighted by atomic mass is 32.1. The Hall–Kier alpha value is -4.55. The Bertz CT molecular complexity index is 1760. The van der Waals surface area contributed by atoms with Gasteiger partial charge in [0.1, 0.15) is 5.57 Å². The SMILES string of the molecule is CCc1ccc(N2C(=O)/C(=C/c3cn(Cc4cccc5ccccc45)c4ccccc34)C(=O)NC2=S)cc1. The molecule has 38 heavy (non-hydrogen) atoms. The first kappa shape index (κ1) is 23.8. The Kier molecular flexibility index (Phi) is 6.10. The second kappa shape index (κ2) is 9.72. The number of benzene rings is 4. The van der Waals surface area contributed by atoms with Crippen molar-refractivity contribution in [3.05, 3.63) is 119 Å². The molecule has 4 aromatic carbocycles. The van der Waals surface area contributed by atoms with E-state index in [-0.39, 0.29) is 10.7 Å².